The molecule has 2 aromatic rings. The molecule has 1 amide bonds. The minimum absolute atomic E-state index is 0.184. The lowest BCUT2D eigenvalue weighted by molar-refractivity contribution is 0.0696. The van der Waals surface area contributed by atoms with Gasteiger partial charge in [-0.1, -0.05) is 6.07 Å². The minimum Gasteiger partial charge on any atom is -0.478 e. The molecule has 0 bridgehead atoms. The van der Waals surface area contributed by atoms with Crippen LogP contribution in [0.4, 0.5) is 5.69 Å². The van der Waals surface area contributed by atoms with E-state index in [0.717, 1.165) is 5.69 Å². The second kappa shape index (κ2) is 5.52. The summed E-state index contributed by atoms with van der Waals surface area (Å²) in [7, 11) is 1.63. The summed E-state index contributed by atoms with van der Waals surface area (Å²) in [5.74, 6) is -1.23. The number of carbonyl (C=O) groups excluding carboxylic acids is 1. The Kier molecular flexibility index (Phi) is 3.79. The number of carboxylic acid groups (broad SMARTS) is 1. The van der Waals surface area contributed by atoms with E-state index in [1.165, 1.54) is 17.0 Å². The van der Waals surface area contributed by atoms with Gasteiger partial charge in [-0.2, -0.15) is 0 Å². The molecule has 1 aromatic heterocycles. The van der Waals surface area contributed by atoms with Crippen molar-refractivity contribution in [1.82, 2.24) is 4.98 Å². The van der Waals surface area contributed by atoms with Crippen LogP contribution in [0.5, 0.6) is 0 Å². The highest BCUT2D eigenvalue weighted by molar-refractivity contribution is 6.04. The standard InChI is InChI=1S/C15H14N2O3/c1-10-4-3-5-13(16-10)14(18)17(2)12-8-6-11(7-9-12)15(19)20/h3-9H,1-2H3,(H,19,20). The number of carboxylic acids is 1. The Morgan fingerprint density at radius 3 is 2.30 bits per heavy atom. The maximum Gasteiger partial charge on any atom is 0.335 e. The smallest absolute Gasteiger partial charge is 0.335 e. The number of hydrogen-bond donors (Lipinski definition) is 1. The van der Waals surface area contributed by atoms with Crippen LogP contribution >= 0.6 is 0 Å². The fraction of sp³-hybridized carbons (Fsp3) is 0.133. The highest BCUT2D eigenvalue weighted by Gasteiger charge is 2.15. The Bertz CT molecular complexity index is 650. The highest BCUT2D eigenvalue weighted by Crippen LogP contribution is 2.16. The molecule has 0 aliphatic heterocycles. The predicted octanol–water partition coefficient (Wildman–Crippen LogP) is 2.36. The van der Waals surface area contributed by atoms with Crippen molar-refractivity contribution in [3.05, 3.63) is 59.4 Å². The van der Waals surface area contributed by atoms with Crippen LogP contribution in [-0.2, 0) is 0 Å². The number of aromatic carboxylic acids is 1. The van der Waals surface area contributed by atoms with Crippen LogP contribution in [0.25, 0.3) is 0 Å². The van der Waals surface area contributed by atoms with E-state index in [2.05, 4.69) is 4.98 Å². The van der Waals surface area contributed by atoms with E-state index in [9.17, 15) is 9.59 Å². The van der Waals surface area contributed by atoms with E-state index >= 15 is 0 Å². The molecular weight excluding hydrogens is 256 g/mol. The predicted molar refractivity (Wildman–Crippen MR) is 75.1 cm³/mol. The zero-order valence-electron chi connectivity index (χ0n) is 11.2. The Hall–Kier alpha value is -2.69. The van der Waals surface area contributed by atoms with Crippen molar-refractivity contribution in [2.24, 2.45) is 0 Å². The summed E-state index contributed by atoms with van der Waals surface area (Å²) in [6, 6.07) is 11.4. The molecule has 0 radical (unpaired) electrons. The van der Waals surface area contributed by atoms with E-state index in [4.69, 9.17) is 5.11 Å². The van der Waals surface area contributed by atoms with E-state index in [0.29, 0.717) is 11.4 Å². The number of aryl methyl sites for hydroxylation is 1. The van der Waals surface area contributed by atoms with Crippen LogP contribution in [0.3, 0.4) is 0 Å². The lowest BCUT2D eigenvalue weighted by Crippen LogP contribution is -2.27. The first-order valence-electron chi connectivity index (χ1n) is 6.04. The Morgan fingerprint density at radius 1 is 1.10 bits per heavy atom. The molecule has 0 saturated carbocycles. The first kappa shape index (κ1) is 13.7. The Labute approximate surface area is 116 Å². The second-order valence-corrected chi connectivity index (χ2v) is 4.38. The van der Waals surface area contributed by atoms with Gasteiger partial charge in [0.2, 0.25) is 0 Å². The molecule has 1 N–H and O–H groups in total. The summed E-state index contributed by atoms with van der Waals surface area (Å²) in [5, 5.41) is 8.84. The van der Waals surface area contributed by atoms with Gasteiger partial charge < -0.3 is 10.0 Å². The zero-order valence-corrected chi connectivity index (χ0v) is 11.2. The summed E-state index contributed by atoms with van der Waals surface area (Å²) in [6.45, 7) is 1.82. The van der Waals surface area contributed by atoms with Gasteiger partial charge in [0.1, 0.15) is 5.69 Å². The van der Waals surface area contributed by atoms with Gasteiger partial charge in [0.15, 0.2) is 0 Å². The van der Waals surface area contributed by atoms with Gasteiger partial charge in [-0.05, 0) is 43.3 Å². The first-order valence-corrected chi connectivity index (χ1v) is 6.04. The van der Waals surface area contributed by atoms with Gasteiger partial charge in [-0.3, -0.25) is 4.79 Å². The molecular formula is C15H14N2O3. The summed E-state index contributed by atoms with van der Waals surface area (Å²) in [6.07, 6.45) is 0. The van der Waals surface area contributed by atoms with Crippen molar-refractivity contribution in [1.29, 1.82) is 0 Å². The highest BCUT2D eigenvalue weighted by atomic mass is 16.4. The molecule has 0 spiro atoms. The SMILES string of the molecule is Cc1cccc(C(=O)N(C)c2ccc(C(=O)O)cc2)n1. The maximum atomic E-state index is 12.3. The van der Waals surface area contributed by atoms with Crippen molar-refractivity contribution in [3.63, 3.8) is 0 Å². The molecule has 0 unspecified atom stereocenters. The van der Waals surface area contributed by atoms with E-state index in [1.807, 2.05) is 13.0 Å². The molecule has 5 heteroatoms. The number of benzene rings is 1. The van der Waals surface area contributed by atoms with Crippen LogP contribution in [0.15, 0.2) is 42.5 Å². The third kappa shape index (κ3) is 2.83. The summed E-state index contributed by atoms with van der Waals surface area (Å²) < 4.78 is 0. The molecule has 1 heterocycles. The molecule has 20 heavy (non-hydrogen) atoms. The number of anilines is 1. The van der Waals surface area contributed by atoms with E-state index < -0.39 is 5.97 Å². The van der Waals surface area contributed by atoms with Gasteiger partial charge >= 0.3 is 5.97 Å². The van der Waals surface area contributed by atoms with Crippen molar-refractivity contribution < 1.29 is 14.7 Å². The lowest BCUT2D eigenvalue weighted by Gasteiger charge is -2.17. The molecule has 0 fully saturated rings. The monoisotopic (exact) mass is 270 g/mol. The van der Waals surface area contributed by atoms with Crippen LogP contribution in [-0.4, -0.2) is 29.0 Å². The van der Waals surface area contributed by atoms with Crippen molar-refractivity contribution in [3.8, 4) is 0 Å². The maximum absolute atomic E-state index is 12.3. The molecule has 0 atom stereocenters. The molecule has 2 rings (SSSR count). The Morgan fingerprint density at radius 2 is 1.75 bits per heavy atom. The van der Waals surface area contributed by atoms with Crippen LogP contribution in [0.2, 0.25) is 0 Å². The number of rotatable bonds is 3. The second-order valence-electron chi connectivity index (χ2n) is 4.38. The molecule has 0 aliphatic rings. The molecule has 0 saturated heterocycles. The molecule has 0 aliphatic carbocycles. The Balaban J connectivity index is 2.24. The minimum atomic E-state index is -0.995. The third-order valence-corrected chi connectivity index (χ3v) is 2.91. The number of carbonyl (C=O) groups is 2. The largest absolute Gasteiger partial charge is 0.478 e. The topological polar surface area (TPSA) is 70.5 Å². The lowest BCUT2D eigenvalue weighted by atomic mass is 10.2. The van der Waals surface area contributed by atoms with Crippen LogP contribution in [0.1, 0.15) is 26.5 Å². The van der Waals surface area contributed by atoms with Crippen molar-refractivity contribution in [2.75, 3.05) is 11.9 Å². The summed E-state index contributed by atoms with van der Waals surface area (Å²) in [4.78, 5) is 28.7. The van der Waals surface area contributed by atoms with Gasteiger partial charge in [-0.15, -0.1) is 0 Å². The average Bonchev–Trinajstić information content (AvgIpc) is 2.46. The van der Waals surface area contributed by atoms with Gasteiger partial charge in [0, 0.05) is 18.4 Å². The number of aromatic nitrogens is 1. The van der Waals surface area contributed by atoms with Crippen molar-refractivity contribution in [2.45, 2.75) is 6.92 Å². The average molecular weight is 270 g/mol. The third-order valence-electron chi connectivity index (χ3n) is 2.91. The van der Waals surface area contributed by atoms with E-state index in [1.54, 1.807) is 31.3 Å². The normalized spacial score (nSPS) is 10.1. The fourth-order valence-electron chi connectivity index (χ4n) is 1.78. The summed E-state index contributed by atoms with van der Waals surface area (Å²) in [5.41, 5.74) is 1.92. The van der Waals surface area contributed by atoms with Gasteiger partial charge in [0.05, 0.1) is 5.56 Å². The van der Waals surface area contributed by atoms with Gasteiger partial charge in [-0.25, -0.2) is 9.78 Å². The molecule has 102 valence electrons. The van der Waals surface area contributed by atoms with Crippen LogP contribution in [0, 0.1) is 6.92 Å². The molecule has 1 aromatic carbocycles. The number of hydrogen-bond acceptors (Lipinski definition) is 3. The number of pyridine rings is 1. The number of amides is 1. The zero-order chi connectivity index (χ0) is 14.7. The van der Waals surface area contributed by atoms with E-state index in [-0.39, 0.29) is 11.5 Å². The fourth-order valence-corrected chi connectivity index (χ4v) is 1.78. The van der Waals surface area contributed by atoms with Gasteiger partial charge in [0.25, 0.3) is 5.91 Å². The van der Waals surface area contributed by atoms with Crippen LogP contribution < -0.4 is 4.90 Å². The first-order chi connectivity index (χ1) is 9.49. The quantitative estimate of drug-likeness (QED) is 0.929. The van der Waals surface area contributed by atoms with Crippen molar-refractivity contribution >= 4 is 17.6 Å². The summed E-state index contributed by atoms with van der Waals surface area (Å²) >= 11 is 0. The molecule has 5 nitrogen and oxygen atoms in total. The number of nitrogens with zero attached hydrogens (tertiary/aromatic N) is 2.